The third-order valence-electron chi connectivity index (χ3n) is 2.33. The molecule has 1 atom stereocenters. The minimum atomic E-state index is -4.26. The minimum Gasteiger partial charge on any atom is -0.371 e. The van der Waals surface area contributed by atoms with Gasteiger partial charge in [0.15, 0.2) is 0 Å². The van der Waals surface area contributed by atoms with Crippen molar-refractivity contribution in [1.29, 1.82) is 0 Å². The molecule has 0 aliphatic rings. The molecule has 102 valence electrons. The largest absolute Gasteiger partial charge is 0.411 e. The number of hydrogen-bond donors (Lipinski definition) is 1. The van der Waals surface area contributed by atoms with Gasteiger partial charge in [-0.1, -0.05) is 34.1 Å². The van der Waals surface area contributed by atoms with Crippen LogP contribution in [0.2, 0.25) is 0 Å². The van der Waals surface area contributed by atoms with Gasteiger partial charge in [-0.25, -0.2) is 0 Å². The molecule has 1 unspecified atom stereocenters. The fourth-order valence-electron chi connectivity index (χ4n) is 1.47. The predicted octanol–water partition coefficient (Wildman–Crippen LogP) is 3.68. The zero-order valence-corrected chi connectivity index (χ0v) is 11.5. The molecule has 0 radical (unpaired) electrons. The van der Waals surface area contributed by atoms with Crippen LogP contribution in [-0.2, 0) is 4.74 Å². The van der Waals surface area contributed by atoms with Gasteiger partial charge in [-0.3, -0.25) is 0 Å². The Labute approximate surface area is 113 Å². The molecule has 6 heteroatoms. The molecule has 0 heterocycles. The molecular formula is C12H15BrF3NO. The van der Waals surface area contributed by atoms with Crippen molar-refractivity contribution in [2.75, 3.05) is 19.8 Å². The van der Waals surface area contributed by atoms with Gasteiger partial charge < -0.3 is 10.1 Å². The summed E-state index contributed by atoms with van der Waals surface area (Å²) in [5, 5.41) is 3.10. The molecule has 0 aromatic heterocycles. The molecular weight excluding hydrogens is 311 g/mol. The number of benzene rings is 1. The van der Waals surface area contributed by atoms with E-state index in [4.69, 9.17) is 0 Å². The first-order valence-electron chi connectivity index (χ1n) is 5.52. The van der Waals surface area contributed by atoms with Crippen molar-refractivity contribution in [3.63, 3.8) is 0 Å². The van der Waals surface area contributed by atoms with Gasteiger partial charge >= 0.3 is 6.18 Å². The number of nitrogens with one attached hydrogen (secondary N) is 1. The van der Waals surface area contributed by atoms with Gasteiger partial charge in [0, 0.05) is 17.1 Å². The highest BCUT2D eigenvalue weighted by Crippen LogP contribution is 2.22. The molecule has 1 N–H and O–H groups in total. The van der Waals surface area contributed by atoms with Gasteiger partial charge in [0.1, 0.15) is 6.61 Å². The second-order valence-corrected chi connectivity index (χ2v) is 4.72. The fourth-order valence-corrected chi connectivity index (χ4v) is 2.10. The Morgan fingerprint density at radius 2 is 2.00 bits per heavy atom. The average Bonchev–Trinajstić information content (AvgIpc) is 2.27. The summed E-state index contributed by atoms with van der Waals surface area (Å²) in [5.41, 5.74) is 1.06. The second kappa shape index (κ2) is 7.11. The standard InChI is InChI=1S/C12H15BrF3NO/c1-9(10-4-2-3-5-11(10)13)17-6-7-18-8-12(14,15)16/h2-5,9,17H,6-8H2,1H3. The first-order chi connectivity index (χ1) is 8.40. The molecule has 2 nitrogen and oxygen atoms in total. The van der Waals surface area contributed by atoms with Crippen LogP contribution in [0.15, 0.2) is 28.7 Å². The molecule has 0 spiro atoms. The molecule has 1 rings (SSSR count). The Morgan fingerprint density at radius 3 is 2.61 bits per heavy atom. The van der Waals surface area contributed by atoms with E-state index in [2.05, 4.69) is 26.0 Å². The predicted molar refractivity (Wildman–Crippen MR) is 67.4 cm³/mol. The highest BCUT2D eigenvalue weighted by atomic mass is 79.9. The zero-order valence-electron chi connectivity index (χ0n) is 9.93. The summed E-state index contributed by atoms with van der Waals surface area (Å²) < 4.78 is 40.9. The van der Waals surface area contributed by atoms with Crippen LogP contribution in [0.3, 0.4) is 0 Å². The monoisotopic (exact) mass is 325 g/mol. The topological polar surface area (TPSA) is 21.3 Å². The Bertz CT molecular complexity index is 371. The van der Waals surface area contributed by atoms with E-state index in [-0.39, 0.29) is 12.6 Å². The van der Waals surface area contributed by atoms with Crippen molar-refractivity contribution in [2.24, 2.45) is 0 Å². The van der Waals surface area contributed by atoms with Crippen molar-refractivity contribution >= 4 is 15.9 Å². The summed E-state index contributed by atoms with van der Waals surface area (Å²) in [7, 11) is 0. The van der Waals surface area contributed by atoms with E-state index in [1.165, 1.54) is 0 Å². The Kier molecular flexibility index (Phi) is 6.11. The number of rotatable bonds is 6. The maximum absolute atomic E-state index is 11.8. The normalized spacial score (nSPS) is 13.6. The van der Waals surface area contributed by atoms with Crippen LogP contribution in [0, 0.1) is 0 Å². The second-order valence-electron chi connectivity index (χ2n) is 3.87. The first-order valence-corrected chi connectivity index (χ1v) is 6.32. The summed E-state index contributed by atoms with van der Waals surface area (Å²) in [6.07, 6.45) is -4.26. The van der Waals surface area contributed by atoms with E-state index in [1.54, 1.807) is 0 Å². The number of alkyl halides is 3. The smallest absolute Gasteiger partial charge is 0.371 e. The van der Waals surface area contributed by atoms with Crippen molar-refractivity contribution in [3.05, 3.63) is 34.3 Å². The molecule has 0 amide bonds. The number of ether oxygens (including phenoxy) is 1. The van der Waals surface area contributed by atoms with Crippen molar-refractivity contribution in [3.8, 4) is 0 Å². The fraction of sp³-hybridized carbons (Fsp3) is 0.500. The molecule has 0 aliphatic carbocycles. The van der Waals surface area contributed by atoms with Gasteiger partial charge in [-0.05, 0) is 18.6 Å². The van der Waals surface area contributed by atoms with Crippen LogP contribution < -0.4 is 5.32 Å². The lowest BCUT2D eigenvalue weighted by Crippen LogP contribution is -2.26. The van der Waals surface area contributed by atoms with Crippen LogP contribution in [0.1, 0.15) is 18.5 Å². The maximum Gasteiger partial charge on any atom is 0.411 e. The van der Waals surface area contributed by atoms with Crippen LogP contribution in [0.4, 0.5) is 13.2 Å². The Balaban J connectivity index is 2.26. The van der Waals surface area contributed by atoms with E-state index >= 15 is 0 Å². The van der Waals surface area contributed by atoms with E-state index < -0.39 is 12.8 Å². The van der Waals surface area contributed by atoms with Crippen LogP contribution >= 0.6 is 15.9 Å². The molecule has 1 aromatic rings. The summed E-state index contributed by atoms with van der Waals surface area (Å²) in [5.74, 6) is 0. The molecule has 18 heavy (non-hydrogen) atoms. The maximum atomic E-state index is 11.8. The average molecular weight is 326 g/mol. The number of hydrogen-bond acceptors (Lipinski definition) is 2. The quantitative estimate of drug-likeness (QED) is 0.805. The lowest BCUT2D eigenvalue weighted by Gasteiger charge is -2.16. The first kappa shape index (κ1) is 15.5. The SMILES string of the molecule is CC(NCCOCC(F)(F)F)c1ccccc1Br. The van der Waals surface area contributed by atoms with Crippen molar-refractivity contribution in [2.45, 2.75) is 19.1 Å². The summed E-state index contributed by atoms with van der Waals surface area (Å²) in [6, 6.07) is 7.76. The third kappa shape index (κ3) is 5.84. The van der Waals surface area contributed by atoms with E-state index in [0.717, 1.165) is 10.0 Å². The summed E-state index contributed by atoms with van der Waals surface area (Å²) >= 11 is 3.43. The zero-order chi connectivity index (χ0) is 13.6. The van der Waals surface area contributed by atoms with E-state index in [9.17, 15) is 13.2 Å². The van der Waals surface area contributed by atoms with Gasteiger partial charge in [0.2, 0.25) is 0 Å². The van der Waals surface area contributed by atoms with Gasteiger partial charge in [0.25, 0.3) is 0 Å². The minimum absolute atomic E-state index is 0.0360. The van der Waals surface area contributed by atoms with Crippen LogP contribution in [-0.4, -0.2) is 25.9 Å². The number of halogens is 4. The van der Waals surface area contributed by atoms with Gasteiger partial charge in [-0.15, -0.1) is 0 Å². The van der Waals surface area contributed by atoms with Crippen molar-refractivity contribution in [1.82, 2.24) is 5.32 Å². The molecule has 0 saturated heterocycles. The summed E-state index contributed by atoms with van der Waals surface area (Å²) in [6.45, 7) is 1.16. The van der Waals surface area contributed by atoms with Crippen LogP contribution in [0.25, 0.3) is 0 Å². The van der Waals surface area contributed by atoms with E-state index in [1.807, 2.05) is 31.2 Å². The summed E-state index contributed by atoms with van der Waals surface area (Å²) in [4.78, 5) is 0. The lowest BCUT2D eigenvalue weighted by atomic mass is 10.1. The molecule has 1 aromatic carbocycles. The molecule has 0 saturated carbocycles. The Hall–Kier alpha value is -0.590. The third-order valence-corrected chi connectivity index (χ3v) is 3.06. The molecule has 0 fully saturated rings. The molecule has 0 bridgehead atoms. The highest BCUT2D eigenvalue weighted by Gasteiger charge is 2.27. The van der Waals surface area contributed by atoms with E-state index in [0.29, 0.717) is 6.54 Å². The van der Waals surface area contributed by atoms with Crippen molar-refractivity contribution < 1.29 is 17.9 Å². The lowest BCUT2D eigenvalue weighted by molar-refractivity contribution is -0.173. The van der Waals surface area contributed by atoms with Gasteiger partial charge in [-0.2, -0.15) is 13.2 Å². The molecule has 0 aliphatic heterocycles. The van der Waals surface area contributed by atoms with Gasteiger partial charge in [0.05, 0.1) is 6.61 Å². The van der Waals surface area contributed by atoms with Crippen LogP contribution in [0.5, 0.6) is 0 Å². The Morgan fingerprint density at radius 1 is 1.33 bits per heavy atom. The highest BCUT2D eigenvalue weighted by molar-refractivity contribution is 9.10.